The number of aliphatic hydroxyl groups excluding tert-OH is 2. The van der Waals surface area contributed by atoms with Crippen molar-refractivity contribution < 1.29 is 41.4 Å². The van der Waals surface area contributed by atoms with Crippen LogP contribution >= 0.6 is 23.2 Å². The highest BCUT2D eigenvalue weighted by molar-refractivity contribution is 6.35. The third kappa shape index (κ3) is 6.57. The van der Waals surface area contributed by atoms with Crippen LogP contribution in [0.2, 0.25) is 10.0 Å². The van der Waals surface area contributed by atoms with Crippen molar-refractivity contribution in [2.45, 2.75) is 50.2 Å². The highest BCUT2D eigenvalue weighted by atomic mass is 35.5. The molecule has 14 heteroatoms. The number of alkyl halides is 6. The average Bonchev–Trinajstić information content (AvgIpc) is 3.32. The van der Waals surface area contributed by atoms with Gasteiger partial charge in [0.2, 0.25) is 5.91 Å². The Kier molecular flexibility index (Phi) is 9.01. The predicted molar refractivity (Wildman–Crippen MR) is 151 cm³/mol. The van der Waals surface area contributed by atoms with Crippen LogP contribution in [0.4, 0.5) is 37.8 Å². The van der Waals surface area contributed by atoms with Crippen LogP contribution in [-0.2, 0) is 22.6 Å². The molecule has 2 heterocycles. The molecule has 2 atom stereocenters. The molecule has 4 rings (SSSR count). The molecule has 1 amide bonds. The quantitative estimate of drug-likeness (QED) is 0.282. The molecule has 0 bridgehead atoms. The smallest absolute Gasteiger partial charge is 0.394 e. The minimum absolute atomic E-state index is 0.00457. The van der Waals surface area contributed by atoms with Crippen LogP contribution in [0.3, 0.4) is 0 Å². The van der Waals surface area contributed by atoms with Gasteiger partial charge in [-0.3, -0.25) is 4.79 Å². The maximum atomic E-state index is 13.9. The van der Waals surface area contributed by atoms with E-state index in [4.69, 9.17) is 23.2 Å². The molecular weight excluding hydrogens is 623 g/mol. The van der Waals surface area contributed by atoms with Crippen molar-refractivity contribution in [3.05, 3.63) is 75.4 Å². The van der Waals surface area contributed by atoms with E-state index < -0.39 is 52.5 Å². The van der Waals surface area contributed by atoms with E-state index in [1.165, 1.54) is 45.3 Å². The number of aromatic nitrogens is 1. The zero-order valence-electron chi connectivity index (χ0n) is 23.1. The van der Waals surface area contributed by atoms with E-state index in [1.807, 2.05) is 0 Å². The van der Waals surface area contributed by atoms with E-state index in [-0.39, 0.29) is 23.4 Å². The van der Waals surface area contributed by atoms with E-state index in [0.717, 1.165) is 4.90 Å². The van der Waals surface area contributed by atoms with Crippen LogP contribution < -0.4 is 9.80 Å². The van der Waals surface area contributed by atoms with Crippen molar-refractivity contribution >= 4 is 40.6 Å². The van der Waals surface area contributed by atoms with Crippen molar-refractivity contribution in [1.82, 2.24) is 4.98 Å². The summed E-state index contributed by atoms with van der Waals surface area (Å²) < 4.78 is 81.4. The molecule has 2 aromatic carbocycles. The summed E-state index contributed by atoms with van der Waals surface area (Å²) >= 11 is 12.7. The molecule has 3 aromatic rings. The maximum absolute atomic E-state index is 13.9. The molecule has 1 fully saturated rings. The minimum Gasteiger partial charge on any atom is -0.394 e. The zero-order valence-corrected chi connectivity index (χ0v) is 24.6. The molecule has 6 nitrogen and oxygen atoms in total. The Morgan fingerprint density at radius 1 is 0.977 bits per heavy atom. The third-order valence-corrected chi connectivity index (χ3v) is 8.15. The SMILES string of the molecule is CN(C(=O)C(C)(C)c1cc(C(F)(F)F)cc(C(F)(F)F)c1)c1cnc(N2CC[C@H](O)[C@H]2CO)cc1-c1cc(Cl)ccc1Cl. The molecule has 43 heavy (non-hydrogen) atoms. The molecule has 1 aliphatic rings. The molecule has 1 aliphatic heterocycles. The summed E-state index contributed by atoms with van der Waals surface area (Å²) in [6, 6.07) is 6.57. The second-order valence-corrected chi connectivity index (χ2v) is 11.6. The predicted octanol–water partition coefficient (Wildman–Crippen LogP) is 6.97. The molecule has 1 saturated heterocycles. The number of halogens is 8. The number of amides is 1. The van der Waals surface area contributed by atoms with Crippen molar-refractivity contribution in [1.29, 1.82) is 0 Å². The van der Waals surface area contributed by atoms with Gasteiger partial charge in [-0.05, 0) is 68.3 Å². The van der Waals surface area contributed by atoms with E-state index >= 15 is 0 Å². The summed E-state index contributed by atoms with van der Waals surface area (Å²) in [5.41, 5.74) is -4.62. The van der Waals surface area contributed by atoms with Gasteiger partial charge < -0.3 is 20.0 Å². The second kappa shape index (κ2) is 11.8. The van der Waals surface area contributed by atoms with Crippen LogP contribution in [0.15, 0.2) is 48.7 Å². The standard InChI is InChI=1S/C29H27Cl2F6N3O3/c1-27(2,15-8-16(28(32,33)34)10-17(9-15)29(35,36)37)26(43)39(3)22-13-38-25(40-7-6-24(42)23(40)14-41)12-20(22)19-11-18(30)4-5-21(19)31/h4-5,8-13,23-24,41-42H,6-7,14H2,1-3H3/t23-,24+/m1/s1. The fraction of sp³-hybridized carbons (Fsp3) is 0.379. The van der Waals surface area contributed by atoms with Gasteiger partial charge in [0.1, 0.15) is 5.82 Å². The van der Waals surface area contributed by atoms with Gasteiger partial charge in [0.15, 0.2) is 0 Å². The normalized spacial score (nSPS) is 17.8. The van der Waals surface area contributed by atoms with Gasteiger partial charge in [0.05, 0.1) is 47.2 Å². The molecule has 0 saturated carbocycles. The molecule has 2 N–H and O–H groups in total. The lowest BCUT2D eigenvalue weighted by Crippen LogP contribution is -2.42. The first kappa shape index (κ1) is 32.8. The van der Waals surface area contributed by atoms with Crippen molar-refractivity contribution in [2.24, 2.45) is 0 Å². The monoisotopic (exact) mass is 649 g/mol. The second-order valence-electron chi connectivity index (χ2n) is 10.8. The first-order valence-electron chi connectivity index (χ1n) is 13.0. The number of rotatable bonds is 6. The van der Waals surface area contributed by atoms with Crippen LogP contribution in [-0.4, -0.2) is 53.4 Å². The van der Waals surface area contributed by atoms with Gasteiger partial charge in [-0.25, -0.2) is 4.98 Å². The summed E-state index contributed by atoms with van der Waals surface area (Å²) in [5, 5.41) is 20.6. The highest BCUT2D eigenvalue weighted by Crippen LogP contribution is 2.42. The zero-order chi connectivity index (χ0) is 32.1. The number of pyridine rings is 1. The maximum Gasteiger partial charge on any atom is 0.416 e. The first-order chi connectivity index (χ1) is 19.9. The summed E-state index contributed by atoms with van der Waals surface area (Å²) in [6.45, 7) is 2.46. The number of nitrogens with zero attached hydrogens (tertiary/aromatic N) is 3. The number of anilines is 2. The van der Waals surface area contributed by atoms with Crippen LogP contribution in [0.5, 0.6) is 0 Å². The lowest BCUT2D eigenvalue weighted by Gasteiger charge is -2.32. The summed E-state index contributed by atoms with van der Waals surface area (Å²) in [6.07, 6.45) is -9.32. The third-order valence-electron chi connectivity index (χ3n) is 7.59. The Morgan fingerprint density at radius 3 is 2.12 bits per heavy atom. The fourth-order valence-electron chi connectivity index (χ4n) is 5.09. The topological polar surface area (TPSA) is 76.9 Å². The van der Waals surface area contributed by atoms with Crippen LogP contribution in [0.25, 0.3) is 11.1 Å². The average molecular weight is 650 g/mol. The van der Waals surface area contributed by atoms with Crippen molar-refractivity contribution in [3.8, 4) is 11.1 Å². The van der Waals surface area contributed by atoms with Crippen LogP contribution in [0, 0.1) is 0 Å². The molecule has 232 valence electrons. The largest absolute Gasteiger partial charge is 0.416 e. The van der Waals surface area contributed by atoms with Gasteiger partial charge in [-0.1, -0.05) is 23.2 Å². The van der Waals surface area contributed by atoms with E-state index in [0.29, 0.717) is 47.1 Å². The van der Waals surface area contributed by atoms with E-state index in [2.05, 4.69) is 4.98 Å². The summed E-state index contributed by atoms with van der Waals surface area (Å²) in [7, 11) is 1.32. The first-order valence-corrected chi connectivity index (χ1v) is 13.7. The summed E-state index contributed by atoms with van der Waals surface area (Å²) in [5.74, 6) is -0.503. The number of benzene rings is 2. The Hall–Kier alpha value is -3.06. The number of carbonyl (C=O) groups is 1. The molecule has 0 unspecified atom stereocenters. The molecular formula is C29H27Cl2F6N3O3. The summed E-state index contributed by atoms with van der Waals surface area (Å²) in [4.78, 5) is 21.1. The molecule has 0 radical (unpaired) electrons. The number of carbonyl (C=O) groups excluding carboxylic acids is 1. The lowest BCUT2D eigenvalue weighted by molar-refractivity contribution is -0.143. The number of hydrogen-bond donors (Lipinski definition) is 2. The number of likely N-dealkylation sites (N-methyl/N-ethyl adjacent to an activating group) is 1. The van der Waals surface area contributed by atoms with Crippen molar-refractivity contribution in [2.75, 3.05) is 30.0 Å². The Labute approximate surface area is 253 Å². The highest BCUT2D eigenvalue weighted by Gasteiger charge is 2.41. The van der Waals surface area contributed by atoms with Gasteiger partial charge in [-0.15, -0.1) is 0 Å². The van der Waals surface area contributed by atoms with Gasteiger partial charge in [0, 0.05) is 34.8 Å². The Bertz CT molecular complexity index is 1500. The lowest BCUT2D eigenvalue weighted by atomic mass is 9.81. The van der Waals surface area contributed by atoms with Gasteiger partial charge >= 0.3 is 12.4 Å². The molecule has 0 aliphatic carbocycles. The number of aliphatic hydroxyl groups is 2. The van der Waals surface area contributed by atoms with Crippen LogP contribution in [0.1, 0.15) is 37.0 Å². The van der Waals surface area contributed by atoms with Gasteiger partial charge in [-0.2, -0.15) is 26.3 Å². The fourth-order valence-corrected chi connectivity index (χ4v) is 5.48. The van der Waals surface area contributed by atoms with E-state index in [9.17, 15) is 41.4 Å². The minimum atomic E-state index is -5.09. The van der Waals surface area contributed by atoms with E-state index in [1.54, 1.807) is 11.0 Å². The van der Waals surface area contributed by atoms with Crippen molar-refractivity contribution in [3.63, 3.8) is 0 Å². The number of hydrogen-bond acceptors (Lipinski definition) is 5. The Morgan fingerprint density at radius 2 is 1.56 bits per heavy atom. The molecule has 1 aromatic heterocycles. The molecule has 0 spiro atoms. The Balaban J connectivity index is 1.84. The van der Waals surface area contributed by atoms with Gasteiger partial charge in [0.25, 0.3) is 0 Å².